The summed E-state index contributed by atoms with van der Waals surface area (Å²) < 4.78 is 22.9. The molecular weight excluding hydrogens is 580 g/mol. The van der Waals surface area contributed by atoms with Crippen LogP contribution in [0.25, 0.3) is 0 Å². The molecule has 0 bridgehead atoms. The maximum atomic E-state index is 12.3. The minimum atomic E-state index is -0.298. The first-order valence-corrected chi connectivity index (χ1v) is 16.8. The molecule has 0 spiro atoms. The Morgan fingerprint density at radius 3 is 1.87 bits per heavy atom. The van der Waals surface area contributed by atoms with Crippen molar-refractivity contribution < 1.29 is 33.5 Å². The van der Waals surface area contributed by atoms with Gasteiger partial charge in [-0.15, -0.1) is 6.92 Å². The van der Waals surface area contributed by atoms with Crippen molar-refractivity contribution in [1.29, 1.82) is 0 Å². The quantitative estimate of drug-likeness (QED) is 0.0382. The average Bonchev–Trinajstić information content (AvgIpc) is 3.08. The molecule has 1 fully saturated rings. The number of benzene rings is 3. The highest BCUT2D eigenvalue weighted by molar-refractivity contribution is 5.89. The number of hydrogen-bond acceptors (Lipinski definition) is 7. The molecule has 0 amide bonds. The molecule has 0 aliphatic heterocycles. The Hall–Kier alpha value is -3.68. The smallest absolute Gasteiger partial charge is 0.338 e. The molecule has 0 saturated heterocycles. The van der Waals surface area contributed by atoms with Gasteiger partial charge in [0.25, 0.3) is 0 Å². The highest BCUT2D eigenvalue weighted by Crippen LogP contribution is 2.30. The van der Waals surface area contributed by atoms with Gasteiger partial charge in [0.1, 0.15) is 23.9 Å². The predicted molar refractivity (Wildman–Crippen MR) is 180 cm³/mol. The van der Waals surface area contributed by atoms with Crippen LogP contribution in [0.2, 0.25) is 0 Å². The zero-order chi connectivity index (χ0) is 32.2. The number of ether oxygens (including phenoxy) is 4. The first kappa shape index (κ1) is 35.2. The molecule has 1 aliphatic carbocycles. The van der Waals surface area contributed by atoms with E-state index in [9.17, 15) is 4.79 Å². The van der Waals surface area contributed by atoms with Crippen molar-refractivity contribution in [3.63, 3.8) is 0 Å². The minimum absolute atomic E-state index is 0.298. The molecule has 3 aromatic rings. The molecule has 1 aliphatic rings. The average molecular weight is 631 g/mol. The lowest BCUT2D eigenvalue weighted by Gasteiger charge is -2.23. The van der Waals surface area contributed by atoms with Crippen LogP contribution >= 0.6 is 0 Å². The zero-order valence-corrected chi connectivity index (χ0v) is 27.4. The summed E-state index contributed by atoms with van der Waals surface area (Å²) in [5.41, 5.74) is 2.80. The fourth-order valence-corrected chi connectivity index (χ4v) is 5.09. The van der Waals surface area contributed by atoms with E-state index < -0.39 is 0 Å². The summed E-state index contributed by atoms with van der Waals surface area (Å²) in [6.45, 7) is 9.51. The van der Waals surface area contributed by atoms with E-state index >= 15 is 0 Å². The number of rotatable bonds is 21. The van der Waals surface area contributed by atoms with Crippen molar-refractivity contribution in [2.24, 2.45) is 5.92 Å². The zero-order valence-electron chi connectivity index (χ0n) is 27.4. The summed E-state index contributed by atoms with van der Waals surface area (Å²) in [6, 6.07) is 23.2. The Morgan fingerprint density at radius 1 is 0.674 bits per heavy atom. The number of carbonyl (C=O) groups excluding carboxylic acids is 1. The molecule has 0 radical (unpaired) electrons. The Labute approximate surface area is 275 Å². The fraction of sp³-hybridized carbons (Fsp3) is 0.462. The van der Waals surface area contributed by atoms with Gasteiger partial charge in [-0.3, -0.25) is 0 Å². The Balaban J connectivity index is 0.936. The molecule has 4 rings (SSSR count). The van der Waals surface area contributed by atoms with Crippen LogP contribution in [0.15, 0.2) is 72.8 Å². The summed E-state index contributed by atoms with van der Waals surface area (Å²) in [4.78, 5) is 23.0. The Kier molecular flexibility index (Phi) is 15.6. The fourth-order valence-electron chi connectivity index (χ4n) is 5.09. The standard InChI is InChI=1S/C39H50O7/c1-31-9-13-33(14-10-31)29-44-38-23-17-35(18-24-38)39(40)43-27-5-3-4-6-28-45-46-30-34-15-21-37(22-16-34)42-26-8-7-25-41-36-19-11-32(2)12-20-36/h11-12,15-24,33H,1,3-10,13-14,25-30H2,2H3. The van der Waals surface area contributed by atoms with Gasteiger partial charge in [0.2, 0.25) is 0 Å². The second-order valence-corrected chi connectivity index (χ2v) is 12.0. The van der Waals surface area contributed by atoms with Crippen LogP contribution in [-0.4, -0.2) is 39.0 Å². The molecule has 7 nitrogen and oxygen atoms in total. The monoisotopic (exact) mass is 630 g/mol. The maximum absolute atomic E-state index is 12.3. The third-order valence-corrected chi connectivity index (χ3v) is 8.07. The molecule has 0 aromatic heterocycles. The van der Waals surface area contributed by atoms with E-state index in [-0.39, 0.29) is 5.97 Å². The molecule has 0 unspecified atom stereocenters. The van der Waals surface area contributed by atoms with Gasteiger partial charge in [-0.1, -0.05) is 42.2 Å². The topological polar surface area (TPSA) is 72.5 Å². The second-order valence-electron chi connectivity index (χ2n) is 12.0. The first-order chi connectivity index (χ1) is 22.5. The molecule has 0 heterocycles. The van der Waals surface area contributed by atoms with Crippen LogP contribution < -0.4 is 14.2 Å². The Bertz CT molecular complexity index is 1230. The molecule has 248 valence electrons. The third-order valence-electron chi connectivity index (χ3n) is 8.07. The van der Waals surface area contributed by atoms with E-state index in [2.05, 4.69) is 26.0 Å². The number of aryl methyl sites for hydroxylation is 1. The number of carbonyl (C=O) groups is 1. The summed E-state index contributed by atoms with van der Waals surface area (Å²) in [5, 5.41) is 0. The number of hydrogen-bond donors (Lipinski definition) is 0. The Morgan fingerprint density at radius 2 is 1.22 bits per heavy atom. The van der Waals surface area contributed by atoms with Crippen LogP contribution in [0, 0.1) is 25.7 Å². The van der Waals surface area contributed by atoms with Gasteiger partial charge in [0, 0.05) is 5.92 Å². The van der Waals surface area contributed by atoms with E-state index in [1.165, 1.54) is 11.5 Å². The van der Waals surface area contributed by atoms with Crippen molar-refractivity contribution in [3.05, 3.63) is 102 Å². The van der Waals surface area contributed by atoms with Crippen LogP contribution in [0.1, 0.15) is 85.7 Å². The lowest BCUT2D eigenvalue weighted by molar-refractivity contribution is -0.304. The lowest BCUT2D eigenvalue weighted by atomic mass is 9.83. The van der Waals surface area contributed by atoms with E-state index in [1.54, 1.807) is 12.1 Å². The van der Waals surface area contributed by atoms with Crippen molar-refractivity contribution in [3.8, 4) is 17.2 Å². The minimum Gasteiger partial charge on any atom is -0.494 e. The van der Waals surface area contributed by atoms with Gasteiger partial charge < -0.3 is 18.9 Å². The van der Waals surface area contributed by atoms with Crippen molar-refractivity contribution in [1.82, 2.24) is 0 Å². The van der Waals surface area contributed by atoms with Gasteiger partial charge >= 0.3 is 5.97 Å². The van der Waals surface area contributed by atoms with Gasteiger partial charge in [-0.05, 0) is 106 Å². The van der Waals surface area contributed by atoms with Crippen LogP contribution in [0.4, 0.5) is 0 Å². The van der Waals surface area contributed by atoms with Crippen molar-refractivity contribution in [2.75, 3.05) is 33.0 Å². The largest absolute Gasteiger partial charge is 0.494 e. The highest BCUT2D eigenvalue weighted by Gasteiger charge is 2.21. The van der Waals surface area contributed by atoms with Crippen molar-refractivity contribution >= 4 is 5.97 Å². The maximum Gasteiger partial charge on any atom is 0.338 e. The van der Waals surface area contributed by atoms with Gasteiger partial charge in [0.05, 0.1) is 51.4 Å². The van der Waals surface area contributed by atoms with E-state index in [0.29, 0.717) is 51.1 Å². The van der Waals surface area contributed by atoms with Gasteiger partial charge in [0.15, 0.2) is 0 Å². The first-order valence-electron chi connectivity index (χ1n) is 16.8. The summed E-state index contributed by atoms with van der Waals surface area (Å²) in [7, 11) is 0. The van der Waals surface area contributed by atoms with Gasteiger partial charge in [-0.2, -0.15) is 0 Å². The predicted octanol–water partition coefficient (Wildman–Crippen LogP) is 9.08. The molecule has 0 atom stereocenters. The summed E-state index contributed by atoms with van der Waals surface area (Å²) >= 11 is 0. The lowest BCUT2D eigenvalue weighted by Crippen LogP contribution is -2.18. The van der Waals surface area contributed by atoms with Crippen LogP contribution in [0.3, 0.4) is 0 Å². The second kappa shape index (κ2) is 20.4. The molecule has 46 heavy (non-hydrogen) atoms. The molecule has 7 heteroatoms. The number of esters is 1. The summed E-state index contributed by atoms with van der Waals surface area (Å²) in [6.07, 6.45) is 9.99. The van der Waals surface area contributed by atoms with Gasteiger partial charge in [-0.25, -0.2) is 14.6 Å². The SMILES string of the molecule is [CH2-][C+]1CCC(COc2ccc(C(=O)OCCCCCCOOCc3ccc(OCCCCOc4ccc(C)cc4)cc3)cc2)CC1. The van der Waals surface area contributed by atoms with Crippen molar-refractivity contribution in [2.45, 2.75) is 77.7 Å². The highest BCUT2D eigenvalue weighted by atomic mass is 17.2. The third kappa shape index (κ3) is 13.8. The van der Waals surface area contributed by atoms with E-state index in [1.807, 2.05) is 48.5 Å². The van der Waals surface area contributed by atoms with E-state index in [4.69, 9.17) is 28.7 Å². The molecular formula is C39H50O7. The molecule has 3 aromatic carbocycles. The summed E-state index contributed by atoms with van der Waals surface area (Å²) in [5.74, 6) is 4.17. The molecule has 0 N–H and O–H groups in total. The van der Waals surface area contributed by atoms with E-state index in [0.717, 1.165) is 87.0 Å². The normalized spacial score (nSPS) is 13.4. The molecule has 1 saturated carbocycles. The van der Waals surface area contributed by atoms with Crippen LogP contribution in [-0.2, 0) is 21.1 Å². The number of unbranched alkanes of at least 4 members (excludes halogenated alkanes) is 4. The van der Waals surface area contributed by atoms with Crippen LogP contribution in [0.5, 0.6) is 17.2 Å².